The minimum absolute atomic E-state index is 0.246. The Morgan fingerprint density at radius 1 is 1.16 bits per heavy atom. The Balaban J connectivity index is 2.12. The Hall–Kier alpha value is -2.06. The molecule has 1 N–H and O–H groups in total. The van der Waals surface area contributed by atoms with Crippen LogP contribution >= 0.6 is 15.9 Å². The van der Waals surface area contributed by atoms with Crippen molar-refractivity contribution < 1.29 is 17.9 Å². The highest BCUT2D eigenvalue weighted by atomic mass is 79.9. The molecule has 0 bridgehead atoms. The molecule has 0 saturated carbocycles. The van der Waals surface area contributed by atoms with Crippen molar-refractivity contribution in [2.45, 2.75) is 6.54 Å². The topological polar surface area (TPSA) is 75.7 Å². The number of hydrogen-bond acceptors (Lipinski definition) is 4. The van der Waals surface area contributed by atoms with Crippen molar-refractivity contribution in [3.8, 4) is 5.75 Å². The second kappa shape index (κ2) is 8.35. The van der Waals surface area contributed by atoms with Gasteiger partial charge in [-0.3, -0.25) is 9.10 Å². The number of anilines is 1. The number of amides is 1. The molecule has 0 aliphatic rings. The molecule has 134 valence electrons. The first-order chi connectivity index (χ1) is 11.8. The molecular formula is C17H19BrN2O4S. The Bertz CT molecular complexity index is 855. The molecule has 1 amide bonds. The molecule has 0 aliphatic carbocycles. The van der Waals surface area contributed by atoms with Gasteiger partial charge in [0.1, 0.15) is 12.3 Å². The monoisotopic (exact) mass is 426 g/mol. The summed E-state index contributed by atoms with van der Waals surface area (Å²) in [5, 5.41) is 2.73. The van der Waals surface area contributed by atoms with E-state index in [0.29, 0.717) is 15.9 Å². The van der Waals surface area contributed by atoms with Gasteiger partial charge in [0.2, 0.25) is 15.9 Å². The number of nitrogens with one attached hydrogen (secondary N) is 1. The van der Waals surface area contributed by atoms with Gasteiger partial charge in [0.05, 0.1) is 19.1 Å². The van der Waals surface area contributed by atoms with Crippen LogP contribution in [0, 0.1) is 0 Å². The second-order valence-electron chi connectivity index (χ2n) is 5.31. The predicted molar refractivity (Wildman–Crippen MR) is 101 cm³/mol. The zero-order valence-corrected chi connectivity index (χ0v) is 16.3. The van der Waals surface area contributed by atoms with Crippen molar-refractivity contribution in [1.29, 1.82) is 0 Å². The van der Waals surface area contributed by atoms with Crippen LogP contribution in [0.4, 0.5) is 5.69 Å². The lowest BCUT2D eigenvalue weighted by atomic mass is 10.2. The molecule has 0 spiro atoms. The number of carbonyl (C=O) groups excluding carboxylic acids is 1. The van der Waals surface area contributed by atoms with E-state index in [2.05, 4.69) is 21.2 Å². The van der Waals surface area contributed by atoms with E-state index in [1.807, 2.05) is 18.2 Å². The lowest BCUT2D eigenvalue weighted by Gasteiger charge is -2.23. The molecule has 0 aromatic heterocycles. The number of carbonyl (C=O) groups is 1. The summed E-state index contributed by atoms with van der Waals surface area (Å²) in [6.07, 6.45) is 1.07. The van der Waals surface area contributed by atoms with Crippen LogP contribution in [0.25, 0.3) is 0 Å². The molecule has 2 rings (SSSR count). The van der Waals surface area contributed by atoms with Gasteiger partial charge in [0, 0.05) is 16.6 Å². The van der Waals surface area contributed by atoms with Crippen LogP contribution in [0.2, 0.25) is 0 Å². The molecule has 0 fully saturated rings. The van der Waals surface area contributed by atoms with Crippen LogP contribution in [0.5, 0.6) is 5.75 Å². The number of methoxy groups -OCH3 is 1. The predicted octanol–water partition coefficient (Wildman–Crippen LogP) is 2.54. The minimum Gasteiger partial charge on any atom is -0.496 e. The van der Waals surface area contributed by atoms with E-state index in [9.17, 15) is 13.2 Å². The summed E-state index contributed by atoms with van der Waals surface area (Å²) in [6, 6.07) is 14.2. The number of hydrogen-bond donors (Lipinski definition) is 1. The largest absolute Gasteiger partial charge is 0.496 e. The number of sulfonamides is 1. The van der Waals surface area contributed by atoms with Crippen LogP contribution in [-0.4, -0.2) is 34.2 Å². The lowest BCUT2D eigenvalue weighted by molar-refractivity contribution is -0.119. The molecule has 25 heavy (non-hydrogen) atoms. The fraction of sp³-hybridized carbons (Fsp3) is 0.235. The van der Waals surface area contributed by atoms with Gasteiger partial charge in [-0.1, -0.05) is 30.3 Å². The van der Waals surface area contributed by atoms with Crippen molar-refractivity contribution >= 4 is 37.5 Å². The van der Waals surface area contributed by atoms with Crippen LogP contribution in [0.3, 0.4) is 0 Å². The first-order valence-corrected chi connectivity index (χ1v) is 10.1. The molecule has 0 aliphatic heterocycles. The summed E-state index contributed by atoms with van der Waals surface area (Å²) in [7, 11) is -2.06. The van der Waals surface area contributed by atoms with Gasteiger partial charge in [-0.05, 0) is 34.1 Å². The maximum atomic E-state index is 12.3. The molecule has 0 atom stereocenters. The van der Waals surface area contributed by atoms with Gasteiger partial charge in [-0.2, -0.15) is 0 Å². The van der Waals surface area contributed by atoms with Crippen molar-refractivity contribution in [2.24, 2.45) is 0 Å². The smallest absolute Gasteiger partial charge is 0.241 e. The zero-order valence-electron chi connectivity index (χ0n) is 13.9. The van der Waals surface area contributed by atoms with Gasteiger partial charge < -0.3 is 10.1 Å². The van der Waals surface area contributed by atoms with Crippen LogP contribution < -0.4 is 14.4 Å². The molecule has 0 unspecified atom stereocenters. The molecule has 0 saturated heterocycles. The highest BCUT2D eigenvalue weighted by Gasteiger charge is 2.22. The maximum Gasteiger partial charge on any atom is 0.241 e. The maximum absolute atomic E-state index is 12.3. The van der Waals surface area contributed by atoms with E-state index < -0.39 is 15.9 Å². The zero-order chi connectivity index (χ0) is 18.4. The number of ether oxygens (including phenoxy) is 1. The van der Waals surface area contributed by atoms with Crippen molar-refractivity contribution in [1.82, 2.24) is 5.32 Å². The second-order valence-corrected chi connectivity index (χ2v) is 8.07. The summed E-state index contributed by atoms with van der Waals surface area (Å²) in [4.78, 5) is 12.3. The SMILES string of the molecule is COc1ccccc1CNC(=O)CN(c1ccccc1Br)S(C)(=O)=O. The molecule has 2 aromatic rings. The highest BCUT2D eigenvalue weighted by molar-refractivity contribution is 9.10. The third-order valence-corrected chi connectivity index (χ3v) is 5.27. The molecule has 2 aromatic carbocycles. The summed E-state index contributed by atoms with van der Waals surface area (Å²) < 4.78 is 31.1. The summed E-state index contributed by atoms with van der Waals surface area (Å²) in [5.74, 6) is 0.251. The molecule has 6 nitrogen and oxygen atoms in total. The van der Waals surface area contributed by atoms with E-state index >= 15 is 0 Å². The Morgan fingerprint density at radius 2 is 1.80 bits per heavy atom. The van der Waals surface area contributed by atoms with Crippen molar-refractivity contribution in [2.75, 3.05) is 24.2 Å². The van der Waals surface area contributed by atoms with Crippen LogP contribution in [-0.2, 0) is 21.4 Å². The first kappa shape index (κ1) is 19.3. The van der Waals surface area contributed by atoms with Gasteiger partial charge in [0.15, 0.2) is 0 Å². The Morgan fingerprint density at radius 3 is 2.44 bits per heavy atom. The standard InChI is InChI=1S/C17H19BrN2O4S/c1-24-16-10-6-3-7-13(16)11-19-17(21)12-20(25(2,22)23)15-9-5-4-8-14(15)18/h3-10H,11-12H2,1-2H3,(H,19,21). The van der Waals surface area contributed by atoms with Gasteiger partial charge in [-0.15, -0.1) is 0 Å². The number of nitrogens with zero attached hydrogens (tertiary/aromatic N) is 1. The normalized spacial score (nSPS) is 11.0. The van der Waals surface area contributed by atoms with Gasteiger partial charge in [0.25, 0.3) is 0 Å². The van der Waals surface area contributed by atoms with Crippen LogP contribution in [0.15, 0.2) is 53.0 Å². The van der Waals surface area contributed by atoms with E-state index in [1.54, 1.807) is 37.4 Å². The third kappa shape index (κ3) is 5.20. The van der Waals surface area contributed by atoms with E-state index in [4.69, 9.17) is 4.74 Å². The third-order valence-electron chi connectivity index (χ3n) is 3.48. The number of rotatable bonds is 7. The molecule has 0 radical (unpaired) electrons. The fourth-order valence-corrected chi connectivity index (χ4v) is 3.75. The van der Waals surface area contributed by atoms with Crippen molar-refractivity contribution in [3.05, 3.63) is 58.6 Å². The highest BCUT2D eigenvalue weighted by Crippen LogP contribution is 2.27. The fourth-order valence-electron chi connectivity index (χ4n) is 2.26. The lowest BCUT2D eigenvalue weighted by Crippen LogP contribution is -2.40. The van der Waals surface area contributed by atoms with Gasteiger partial charge >= 0.3 is 0 Å². The summed E-state index contributed by atoms with van der Waals surface area (Å²) >= 11 is 3.32. The minimum atomic E-state index is -3.61. The molecule has 0 heterocycles. The van der Waals surface area contributed by atoms with E-state index in [-0.39, 0.29) is 13.1 Å². The number of halogens is 1. The Labute approximate surface area is 156 Å². The molecule has 8 heteroatoms. The number of para-hydroxylation sites is 2. The average Bonchev–Trinajstić information content (AvgIpc) is 2.58. The molecular weight excluding hydrogens is 408 g/mol. The number of benzene rings is 2. The summed E-state index contributed by atoms with van der Waals surface area (Å²) in [5.41, 5.74) is 1.22. The van der Waals surface area contributed by atoms with E-state index in [1.165, 1.54) is 0 Å². The Kier molecular flexibility index (Phi) is 6.44. The average molecular weight is 427 g/mol. The summed E-state index contributed by atoms with van der Waals surface area (Å²) in [6.45, 7) is -0.0625. The van der Waals surface area contributed by atoms with E-state index in [0.717, 1.165) is 16.1 Å². The van der Waals surface area contributed by atoms with Gasteiger partial charge in [-0.25, -0.2) is 8.42 Å². The first-order valence-electron chi connectivity index (χ1n) is 7.43. The quantitative estimate of drug-likeness (QED) is 0.737. The van der Waals surface area contributed by atoms with Crippen LogP contribution in [0.1, 0.15) is 5.56 Å². The van der Waals surface area contributed by atoms with Crippen molar-refractivity contribution in [3.63, 3.8) is 0 Å².